The maximum atomic E-state index is 11.7. The number of aryl methyl sites for hydroxylation is 1. The van der Waals surface area contributed by atoms with Gasteiger partial charge in [0, 0.05) is 19.3 Å². The monoisotopic (exact) mass is 208 g/mol. The van der Waals surface area contributed by atoms with Crippen molar-refractivity contribution >= 4 is 11.6 Å². The Labute approximate surface area is 88.8 Å². The molecule has 15 heavy (non-hydrogen) atoms. The van der Waals surface area contributed by atoms with Crippen LogP contribution in [0.5, 0.6) is 0 Å². The molecule has 0 unspecified atom stereocenters. The van der Waals surface area contributed by atoms with Gasteiger partial charge >= 0.3 is 0 Å². The van der Waals surface area contributed by atoms with E-state index in [1.807, 2.05) is 14.0 Å². The molecule has 5 nitrogen and oxygen atoms in total. The minimum atomic E-state index is 0.0972. The van der Waals surface area contributed by atoms with Crippen LogP contribution in [0.4, 0.5) is 5.69 Å². The molecule has 0 spiro atoms. The summed E-state index contributed by atoms with van der Waals surface area (Å²) in [7, 11) is 1.85. The lowest BCUT2D eigenvalue weighted by Gasteiger charge is -2.15. The molecule has 1 aromatic rings. The molecule has 0 aliphatic heterocycles. The van der Waals surface area contributed by atoms with E-state index in [0.29, 0.717) is 11.7 Å². The van der Waals surface area contributed by atoms with Gasteiger partial charge in [-0.1, -0.05) is 0 Å². The van der Waals surface area contributed by atoms with Gasteiger partial charge in [0.15, 0.2) is 0 Å². The number of amides is 1. The third-order valence-corrected chi connectivity index (χ3v) is 2.77. The Morgan fingerprint density at radius 2 is 2.40 bits per heavy atom. The maximum absolute atomic E-state index is 11.7. The third kappa shape index (κ3) is 2.11. The van der Waals surface area contributed by atoms with Gasteiger partial charge in [0.1, 0.15) is 6.54 Å². The second-order valence-electron chi connectivity index (χ2n) is 4.10. The summed E-state index contributed by atoms with van der Waals surface area (Å²) in [6, 6.07) is 0.450. The van der Waals surface area contributed by atoms with Crippen LogP contribution in [0.1, 0.15) is 18.5 Å². The van der Waals surface area contributed by atoms with E-state index in [2.05, 4.69) is 5.10 Å². The minimum Gasteiger partial charge on any atom is -0.396 e. The number of carbonyl (C=O) groups excluding carboxylic acids is 1. The lowest BCUT2D eigenvalue weighted by atomic mass is 10.4. The Morgan fingerprint density at radius 1 is 1.73 bits per heavy atom. The van der Waals surface area contributed by atoms with Crippen LogP contribution in [0.15, 0.2) is 6.20 Å². The zero-order valence-corrected chi connectivity index (χ0v) is 9.10. The fraction of sp³-hybridized carbons (Fsp3) is 0.600. The second-order valence-corrected chi connectivity index (χ2v) is 4.10. The molecule has 1 aliphatic carbocycles. The molecule has 2 N–H and O–H groups in total. The number of carbonyl (C=O) groups is 1. The molecule has 0 atom stereocenters. The molecule has 0 radical (unpaired) electrons. The summed E-state index contributed by atoms with van der Waals surface area (Å²) in [5.41, 5.74) is 7.07. The number of likely N-dealkylation sites (N-methyl/N-ethyl adjacent to an activating group) is 1. The highest BCUT2D eigenvalue weighted by Gasteiger charge is 2.29. The normalized spacial score (nSPS) is 15.3. The van der Waals surface area contributed by atoms with Crippen molar-refractivity contribution in [2.75, 3.05) is 12.8 Å². The second kappa shape index (κ2) is 3.56. The lowest BCUT2D eigenvalue weighted by Crippen LogP contribution is -2.32. The standard InChI is InChI=1S/C10H16N4O/c1-7-9(11)5-14(12-7)6-10(15)13(2)8-3-4-8/h5,8H,3-4,6,11H2,1-2H3. The average molecular weight is 208 g/mol. The van der Waals surface area contributed by atoms with E-state index in [0.717, 1.165) is 18.5 Å². The molecule has 0 saturated heterocycles. The Kier molecular flexibility index (Phi) is 2.38. The van der Waals surface area contributed by atoms with Gasteiger partial charge in [0.2, 0.25) is 5.91 Å². The summed E-state index contributed by atoms with van der Waals surface area (Å²) >= 11 is 0. The molecule has 5 heteroatoms. The average Bonchev–Trinajstić information content (AvgIpc) is 2.95. The third-order valence-electron chi connectivity index (χ3n) is 2.77. The molecule has 0 aromatic carbocycles. The molecular weight excluding hydrogens is 192 g/mol. The van der Waals surface area contributed by atoms with Crippen molar-refractivity contribution in [1.82, 2.24) is 14.7 Å². The highest BCUT2D eigenvalue weighted by Crippen LogP contribution is 2.25. The van der Waals surface area contributed by atoms with E-state index < -0.39 is 0 Å². The van der Waals surface area contributed by atoms with Gasteiger partial charge in [0.05, 0.1) is 11.4 Å². The number of rotatable bonds is 3. The summed E-state index contributed by atoms with van der Waals surface area (Å²) in [4.78, 5) is 13.5. The van der Waals surface area contributed by atoms with E-state index >= 15 is 0 Å². The Bertz CT molecular complexity index is 361. The zero-order valence-electron chi connectivity index (χ0n) is 9.10. The van der Waals surface area contributed by atoms with Gasteiger partial charge < -0.3 is 10.6 Å². The Morgan fingerprint density at radius 3 is 2.87 bits per heavy atom. The van der Waals surface area contributed by atoms with Crippen molar-refractivity contribution < 1.29 is 4.79 Å². The molecule has 1 amide bonds. The number of nitrogens with zero attached hydrogens (tertiary/aromatic N) is 3. The van der Waals surface area contributed by atoms with E-state index in [1.165, 1.54) is 0 Å². The highest BCUT2D eigenvalue weighted by atomic mass is 16.2. The number of nitrogen functional groups attached to an aromatic ring is 1. The Balaban J connectivity index is 1.98. The summed E-state index contributed by atoms with van der Waals surface area (Å²) in [5, 5.41) is 4.16. The summed E-state index contributed by atoms with van der Waals surface area (Å²) in [5.74, 6) is 0.0972. The molecule has 1 saturated carbocycles. The first-order valence-electron chi connectivity index (χ1n) is 5.13. The summed E-state index contributed by atoms with van der Waals surface area (Å²) in [6.45, 7) is 2.12. The molecular formula is C10H16N4O. The number of anilines is 1. The van der Waals surface area contributed by atoms with E-state index in [9.17, 15) is 4.79 Å². The van der Waals surface area contributed by atoms with Crippen molar-refractivity contribution in [3.8, 4) is 0 Å². The molecule has 1 fully saturated rings. The molecule has 82 valence electrons. The van der Waals surface area contributed by atoms with Crippen molar-refractivity contribution in [3.63, 3.8) is 0 Å². The van der Waals surface area contributed by atoms with Gasteiger partial charge in [-0.05, 0) is 19.8 Å². The predicted molar refractivity (Wildman–Crippen MR) is 57.2 cm³/mol. The fourth-order valence-corrected chi connectivity index (χ4v) is 1.53. The van der Waals surface area contributed by atoms with Crippen LogP contribution in [-0.4, -0.2) is 33.7 Å². The lowest BCUT2D eigenvalue weighted by molar-refractivity contribution is -0.131. The first-order chi connectivity index (χ1) is 7.08. The van der Waals surface area contributed by atoms with Gasteiger partial charge in [-0.3, -0.25) is 9.48 Å². The largest absolute Gasteiger partial charge is 0.396 e. The van der Waals surface area contributed by atoms with Crippen LogP contribution in [0, 0.1) is 6.92 Å². The number of nitrogens with two attached hydrogens (primary N) is 1. The van der Waals surface area contributed by atoms with Crippen molar-refractivity contribution in [2.45, 2.75) is 32.4 Å². The van der Waals surface area contributed by atoms with Gasteiger partial charge in [-0.25, -0.2) is 0 Å². The van der Waals surface area contributed by atoms with Crippen LogP contribution in [0.25, 0.3) is 0 Å². The minimum absolute atomic E-state index is 0.0972. The highest BCUT2D eigenvalue weighted by molar-refractivity contribution is 5.76. The Hall–Kier alpha value is -1.52. The van der Waals surface area contributed by atoms with Crippen molar-refractivity contribution in [3.05, 3.63) is 11.9 Å². The molecule has 2 rings (SSSR count). The van der Waals surface area contributed by atoms with Crippen LogP contribution < -0.4 is 5.73 Å². The predicted octanol–water partition coefficient (Wildman–Crippen LogP) is 0.395. The molecule has 1 aromatic heterocycles. The first-order valence-corrected chi connectivity index (χ1v) is 5.13. The van der Waals surface area contributed by atoms with E-state index in [4.69, 9.17) is 5.73 Å². The number of hydrogen-bond donors (Lipinski definition) is 1. The molecule has 0 bridgehead atoms. The zero-order chi connectivity index (χ0) is 11.0. The van der Waals surface area contributed by atoms with Gasteiger partial charge in [-0.2, -0.15) is 5.10 Å². The van der Waals surface area contributed by atoms with Crippen LogP contribution >= 0.6 is 0 Å². The van der Waals surface area contributed by atoms with E-state index in [-0.39, 0.29) is 12.5 Å². The SMILES string of the molecule is Cc1nn(CC(=O)N(C)C2CC2)cc1N. The maximum Gasteiger partial charge on any atom is 0.244 e. The topological polar surface area (TPSA) is 64.2 Å². The molecule has 1 heterocycles. The summed E-state index contributed by atoms with van der Waals surface area (Å²) in [6.07, 6.45) is 3.96. The van der Waals surface area contributed by atoms with Crippen LogP contribution in [0.2, 0.25) is 0 Å². The van der Waals surface area contributed by atoms with Crippen LogP contribution in [-0.2, 0) is 11.3 Å². The van der Waals surface area contributed by atoms with Crippen LogP contribution in [0.3, 0.4) is 0 Å². The smallest absolute Gasteiger partial charge is 0.244 e. The van der Waals surface area contributed by atoms with Crippen molar-refractivity contribution in [1.29, 1.82) is 0 Å². The fourth-order valence-electron chi connectivity index (χ4n) is 1.53. The van der Waals surface area contributed by atoms with E-state index in [1.54, 1.807) is 15.8 Å². The quantitative estimate of drug-likeness (QED) is 0.781. The van der Waals surface area contributed by atoms with Gasteiger partial charge in [0.25, 0.3) is 0 Å². The van der Waals surface area contributed by atoms with Crippen molar-refractivity contribution in [2.24, 2.45) is 0 Å². The number of hydrogen-bond acceptors (Lipinski definition) is 3. The number of aromatic nitrogens is 2. The summed E-state index contributed by atoms with van der Waals surface area (Å²) < 4.78 is 1.60. The first kappa shape index (κ1) is 10.0. The molecule has 1 aliphatic rings. The van der Waals surface area contributed by atoms with Gasteiger partial charge in [-0.15, -0.1) is 0 Å².